The van der Waals surface area contributed by atoms with Crippen molar-refractivity contribution in [1.29, 1.82) is 0 Å². The van der Waals surface area contributed by atoms with Crippen LogP contribution in [-0.2, 0) is 23.2 Å². The fourth-order valence-corrected chi connectivity index (χ4v) is 4.47. The van der Waals surface area contributed by atoms with Gasteiger partial charge in [-0.25, -0.2) is 4.57 Å². The monoisotopic (exact) mass is 421 g/mol. The summed E-state index contributed by atoms with van der Waals surface area (Å²) in [5, 5.41) is -0.257. The molecule has 0 aliphatic carbocycles. The van der Waals surface area contributed by atoms with E-state index in [2.05, 4.69) is 18.4 Å². The first-order chi connectivity index (χ1) is 11.8. The van der Waals surface area contributed by atoms with Crippen molar-refractivity contribution in [2.75, 3.05) is 19.5 Å². The van der Waals surface area contributed by atoms with Crippen molar-refractivity contribution < 1.29 is 28.1 Å². The molecule has 10 heteroatoms. The first kappa shape index (κ1) is 29.0. The average Bonchev–Trinajstić information content (AvgIpc) is 2.58. The second-order valence-corrected chi connectivity index (χ2v) is 9.65. The Kier molecular flexibility index (Phi) is 19.8. The number of rotatable bonds is 15. The summed E-state index contributed by atoms with van der Waals surface area (Å²) in [6.45, 7) is 4.04. The molecule has 0 saturated heterocycles. The molecule has 0 aliphatic rings. The van der Waals surface area contributed by atoms with Crippen molar-refractivity contribution in [3.63, 3.8) is 0 Å². The van der Waals surface area contributed by atoms with Gasteiger partial charge in [0.2, 0.25) is 0 Å². The molecule has 0 amide bonds. The third kappa shape index (κ3) is 16.9. The van der Waals surface area contributed by atoms with Crippen LogP contribution in [-0.4, -0.2) is 58.7 Å². The maximum atomic E-state index is 12.0. The van der Waals surface area contributed by atoms with Gasteiger partial charge in [0.25, 0.3) is 0 Å². The molecular formula is C16H31LiO6PS2. The molecule has 1 unspecified atom stereocenters. The van der Waals surface area contributed by atoms with Crippen LogP contribution < -0.4 is 0 Å². The topological polar surface area (TPSA) is 89.9 Å². The second-order valence-electron chi connectivity index (χ2n) is 5.66. The quantitative estimate of drug-likeness (QED) is 0.236. The van der Waals surface area contributed by atoms with Crippen LogP contribution in [0.25, 0.3) is 0 Å². The van der Waals surface area contributed by atoms with Crippen molar-refractivity contribution in [3.05, 3.63) is 0 Å². The molecule has 0 fully saturated rings. The van der Waals surface area contributed by atoms with Gasteiger partial charge in [0, 0.05) is 49.8 Å². The van der Waals surface area contributed by atoms with E-state index in [4.69, 9.17) is 4.52 Å². The molecule has 0 aliphatic heterocycles. The number of carbonyl (C=O) groups is 2. The van der Waals surface area contributed by atoms with Gasteiger partial charge in [-0.1, -0.05) is 63.1 Å². The molecule has 0 rings (SSSR count). The van der Waals surface area contributed by atoms with Crippen molar-refractivity contribution in [2.45, 2.75) is 70.5 Å². The third-order valence-corrected chi connectivity index (χ3v) is 6.70. The number of hydrogen-bond donors (Lipinski definition) is 1. The van der Waals surface area contributed by atoms with Gasteiger partial charge in [0.05, 0.1) is 6.61 Å². The minimum atomic E-state index is -4.08. The van der Waals surface area contributed by atoms with E-state index in [0.717, 1.165) is 69.2 Å². The summed E-state index contributed by atoms with van der Waals surface area (Å²) in [4.78, 5) is 33.2. The van der Waals surface area contributed by atoms with E-state index in [1.165, 1.54) is 0 Å². The normalized spacial score (nSPS) is 14.3. The Hall–Kier alpha value is 0.747. The Labute approximate surface area is 178 Å². The van der Waals surface area contributed by atoms with E-state index >= 15 is 0 Å². The Balaban J connectivity index is 0. The van der Waals surface area contributed by atoms with Crippen molar-refractivity contribution in [2.24, 2.45) is 0 Å². The second kappa shape index (κ2) is 17.8. The molecule has 26 heavy (non-hydrogen) atoms. The van der Waals surface area contributed by atoms with Crippen LogP contribution >= 0.6 is 31.3 Å². The zero-order valence-electron chi connectivity index (χ0n) is 16.4. The maximum absolute atomic E-state index is 12.0. The maximum Gasteiger partial charge on any atom is 0.471 e. The van der Waals surface area contributed by atoms with Crippen LogP contribution in [0.15, 0.2) is 0 Å². The zero-order valence-corrected chi connectivity index (χ0v) is 18.9. The van der Waals surface area contributed by atoms with Crippen LogP contribution in [0.1, 0.15) is 65.2 Å². The van der Waals surface area contributed by atoms with Gasteiger partial charge in [-0.15, -0.1) is 0 Å². The number of phosphoric ester groups is 1. The largest absolute Gasteiger partial charge is 0.471 e. The number of thioether (sulfide) groups is 2. The SMILES string of the molecule is CCCCCC(=O)SC[C@H](COP(=O)(O)OC)SC(=O)CCCCC.[Li]. The van der Waals surface area contributed by atoms with Gasteiger partial charge in [-0.2, -0.15) is 0 Å². The Morgan fingerprint density at radius 1 is 1.04 bits per heavy atom. The zero-order chi connectivity index (χ0) is 19.1. The fourth-order valence-electron chi connectivity index (χ4n) is 1.89. The smallest absolute Gasteiger partial charge is 0.303 e. The number of hydrogen-bond acceptors (Lipinski definition) is 7. The summed E-state index contributed by atoms with van der Waals surface area (Å²) >= 11 is 2.25. The Morgan fingerprint density at radius 2 is 1.58 bits per heavy atom. The van der Waals surface area contributed by atoms with Crippen LogP contribution in [0.5, 0.6) is 0 Å². The molecule has 0 heterocycles. The molecule has 0 aromatic rings. The number of carbonyl (C=O) groups excluding carboxylic acids is 2. The predicted molar refractivity (Wildman–Crippen MR) is 111 cm³/mol. The number of unbranched alkanes of at least 4 members (excludes halogenated alkanes) is 4. The molecule has 1 N–H and O–H groups in total. The van der Waals surface area contributed by atoms with Gasteiger partial charge in [-0.05, 0) is 12.8 Å². The average molecular weight is 421 g/mol. The summed E-state index contributed by atoms with van der Waals surface area (Å²) in [6.07, 6.45) is 6.77. The molecule has 2 atom stereocenters. The standard InChI is InChI=1S/C16H31O6PS2.Li/c1-4-6-8-10-15(17)24-13-14(12-22-23(19,20)21-3)25-16(18)11-9-7-5-2;/h14H,4-13H2,1-3H3,(H,19,20);/t14-;/m0./s1. The van der Waals surface area contributed by atoms with Gasteiger partial charge in [-0.3, -0.25) is 18.6 Å². The molecule has 0 aromatic carbocycles. The van der Waals surface area contributed by atoms with E-state index < -0.39 is 7.82 Å². The Morgan fingerprint density at radius 3 is 2.08 bits per heavy atom. The van der Waals surface area contributed by atoms with Crippen molar-refractivity contribution in [1.82, 2.24) is 0 Å². The summed E-state index contributed by atoms with van der Waals surface area (Å²) in [7, 11) is -3.00. The van der Waals surface area contributed by atoms with Crippen LogP contribution in [0, 0.1) is 0 Å². The fraction of sp³-hybridized carbons (Fsp3) is 0.875. The van der Waals surface area contributed by atoms with Gasteiger partial charge in [0.15, 0.2) is 10.2 Å². The summed E-state index contributed by atoms with van der Waals surface area (Å²) < 4.78 is 20.7. The van der Waals surface area contributed by atoms with Gasteiger partial charge in [0.1, 0.15) is 0 Å². The van der Waals surface area contributed by atoms with Crippen LogP contribution in [0.3, 0.4) is 0 Å². The molecular weight excluding hydrogens is 390 g/mol. The van der Waals surface area contributed by atoms with E-state index in [-0.39, 0.29) is 40.9 Å². The van der Waals surface area contributed by atoms with Crippen molar-refractivity contribution >= 4 is 60.4 Å². The molecule has 6 nitrogen and oxygen atoms in total. The molecule has 0 aromatic heterocycles. The predicted octanol–water partition coefficient (Wildman–Crippen LogP) is 4.42. The van der Waals surface area contributed by atoms with E-state index in [1.54, 1.807) is 0 Å². The molecule has 0 saturated carbocycles. The van der Waals surface area contributed by atoms with E-state index in [9.17, 15) is 19.0 Å². The van der Waals surface area contributed by atoms with Gasteiger partial charge < -0.3 is 4.89 Å². The molecule has 149 valence electrons. The summed E-state index contributed by atoms with van der Waals surface area (Å²) in [6, 6.07) is 0. The third-order valence-electron chi connectivity index (χ3n) is 3.35. The summed E-state index contributed by atoms with van der Waals surface area (Å²) in [5.41, 5.74) is 0. The van der Waals surface area contributed by atoms with Crippen LogP contribution in [0.4, 0.5) is 0 Å². The Bertz CT molecular complexity index is 439. The van der Waals surface area contributed by atoms with E-state index in [0.29, 0.717) is 18.6 Å². The molecule has 1 radical (unpaired) electrons. The minimum absolute atomic E-state index is 0. The minimum Gasteiger partial charge on any atom is -0.303 e. The first-order valence-corrected chi connectivity index (χ1v) is 12.1. The molecule has 0 spiro atoms. The first-order valence-electron chi connectivity index (χ1n) is 8.72. The van der Waals surface area contributed by atoms with Crippen LogP contribution in [0.2, 0.25) is 0 Å². The molecule has 0 bridgehead atoms. The van der Waals surface area contributed by atoms with E-state index in [1.807, 2.05) is 0 Å². The number of phosphoric acid groups is 1. The van der Waals surface area contributed by atoms with Gasteiger partial charge >= 0.3 is 7.82 Å². The summed E-state index contributed by atoms with van der Waals surface area (Å²) in [5.74, 6) is 0.374. The van der Waals surface area contributed by atoms with Crippen molar-refractivity contribution in [3.8, 4) is 0 Å².